The van der Waals surface area contributed by atoms with Crippen molar-refractivity contribution in [2.45, 2.75) is 38.4 Å². The monoisotopic (exact) mass is 352 g/mol. The molecule has 8 heteroatoms. The molecule has 2 rings (SSSR count). The SMILES string of the molecule is COC1OC[C@@H](OC(=O)c2ccccc2)C(OC(C)=O)C1OC(C)=O. The molecule has 0 aromatic heterocycles. The fourth-order valence-corrected chi connectivity index (χ4v) is 2.48. The van der Waals surface area contributed by atoms with Crippen molar-refractivity contribution in [3.05, 3.63) is 35.9 Å². The second kappa shape index (κ2) is 8.59. The van der Waals surface area contributed by atoms with Gasteiger partial charge in [-0.2, -0.15) is 0 Å². The smallest absolute Gasteiger partial charge is 0.338 e. The predicted octanol–water partition coefficient (Wildman–Crippen LogP) is 1.08. The van der Waals surface area contributed by atoms with E-state index in [2.05, 4.69) is 0 Å². The number of benzene rings is 1. The lowest BCUT2D eigenvalue weighted by Crippen LogP contribution is -2.57. The van der Waals surface area contributed by atoms with Gasteiger partial charge in [0, 0.05) is 21.0 Å². The largest absolute Gasteiger partial charge is 0.454 e. The van der Waals surface area contributed by atoms with Crippen molar-refractivity contribution in [3.8, 4) is 0 Å². The van der Waals surface area contributed by atoms with E-state index in [4.69, 9.17) is 23.7 Å². The highest BCUT2D eigenvalue weighted by Gasteiger charge is 2.47. The normalized spacial score (nSPS) is 25.7. The number of carbonyl (C=O) groups is 3. The summed E-state index contributed by atoms with van der Waals surface area (Å²) in [7, 11) is 1.36. The fourth-order valence-electron chi connectivity index (χ4n) is 2.48. The Balaban J connectivity index is 2.20. The summed E-state index contributed by atoms with van der Waals surface area (Å²) in [5, 5.41) is 0. The van der Waals surface area contributed by atoms with Gasteiger partial charge in [-0.05, 0) is 12.1 Å². The minimum atomic E-state index is -1.06. The Morgan fingerprint density at radius 1 is 0.960 bits per heavy atom. The lowest BCUT2D eigenvalue weighted by atomic mass is 10.0. The Morgan fingerprint density at radius 3 is 2.12 bits per heavy atom. The van der Waals surface area contributed by atoms with Crippen molar-refractivity contribution in [2.24, 2.45) is 0 Å². The molecule has 0 amide bonds. The van der Waals surface area contributed by atoms with E-state index in [1.165, 1.54) is 21.0 Å². The average molecular weight is 352 g/mol. The molecule has 1 aliphatic rings. The highest BCUT2D eigenvalue weighted by Crippen LogP contribution is 2.25. The summed E-state index contributed by atoms with van der Waals surface area (Å²) >= 11 is 0. The molecule has 4 atom stereocenters. The maximum Gasteiger partial charge on any atom is 0.338 e. The van der Waals surface area contributed by atoms with Crippen LogP contribution in [-0.4, -0.2) is 56.2 Å². The van der Waals surface area contributed by atoms with E-state index in [1.807, 2.05) is 0 Å². The van der Waals surface area contributed by atoms with Crippen LogP contribution in [0, 0.1) is 0 Å². The highest BCUT2D eigenvalue weighted by molar-refractivity contribution is 5.89. The molecule has 0 bridgehead atoms. The highest BCUT2D eigenvalue weighted by atomic mass is 16.7. The van der Waals surface area contributed by atoms with Crippen LogP contribution in [0.3, 0.4) is 0 Å². The first-order chi connectivity index (χ1) is 11.9. The Hall–Kier alpha value is -2.45. The first kappa shape index (κ1) is 18.9. The summed E-state index contributed by atoms with van der Waals surface area (Å²) in [6.45, 7) is 2.34. The molecule has 1 aromatic rings. The van der Waals surface area contributed by atoms with E-state index in [0.717, 1.165) is 0 Å². The summed E-state index contributed by atoms with van der Waals surface area (Å²) in [5.74, 6) is -1.83. The van der Waals surface area contributed by atoms with Crippen LogP contribution >= 0.6 is 0 Å². The van der Waals surface area contributed by atoms with Crippen LogP contribution < -0.4 is 0 Å². The van der Waals surface area contributed by atoms with Crippen molar-refractivity contribution in [1.29, 1.82) is 0 Å². The Labute approximate surface area is 144 Å². The van der Waals surface area contributed by atoms with E-state index < -0.39 is 42.5 Å². The van der Waals surface area contributed by atoms with Gasteiger partial charge in [-0.25, -0.2) is 4.79 Å². The predicted molar refractivity (Wildman–Crippen MR) is 83.5 cm³/mol. The second-order valence-electron chi connectivity index (χ2n) is 5.40. The number of rotatable bonds is 5. The number of hydrogen-bond acceptors (Lipinski definition) is 8. The van der Waals surface area contributed by atoms with Gasteiger partial charge in [0.2, 0.25) is 0 Å². The first-order valence-electron chi connectivity index (χ1n) is 7.67. The number of esters is 3. The first-order valence-corrected chi connectivity index (χ1v) is 7.67. The van der Waals surface area contributed by atoms with Crippen LogP contribution in [-0.2, 0) is 33.3 Å². The van der Waals surface area contributed by atoms with Gasteiger partial charge in [0.1, 0.15) is 0 Å². The zero-order valence-corrected chi connectivity index (χ0v) is 14.2. The molecule has 136 valence electrons. The quantitative estimate of drug-likeness (QED) is 0.574. The van der Waals surface area contributed by atoms with Gasteiger partial charge < -0.3 is 23.7 Å². The zero-order valence-electron chi connectivity index (χ0n) is 14.2. The van der Waals surface area contributed by atoms with Crippen LogP contribution in [0.1, 0.15) is 24.2 Å². The topological polar surface area (TPSA) is 97.4 Å². The molecule has 1 fully saturated rings. The van der Waals surface area contributed by atoms with Gasteiger partial charge >= 0.3 is 17.9 Å². The van der Waals surface area contributed by atoms with Gasteiger partial charge in [-0.15, -0.1) is 0 Å². The molecule has 0 radical (unpaired) electrons. The van der Waals surface area contributed by atoms with E-state index in [9.17, 15) is 14.4 Å². The third-order valence-electron chi connectivity index (χ3n) is 3.49. The molecule has 1 aromatic carbocycles. The molecular formula is C17H20O8. The number of hydrogen-bond donors (Lipinski definition) is 0. The van der Waals surface area contributed by atoms with Crippen LogP contribution in [0.5, 0.6) is 0 Å². The molecule has 0 aliphatic carbocycles. The van der Waals surface area contributed by atoms with Crippen LogP contribution in [0.15, 0.2) is 30.3 Å². The molecule has 1 saturated heterocycles. The lowest BCUT2D eigenvalue weighted by Gasteiger charge is -2.39. The summed E-state index contributed by atoms with van der Waals surface area (Å²) in [5.41, 5.74) is 0.335. The van der Waals surface area contributed by atoms with E-state index in [1.54, 1.807) is 30.3 Å². The van der Waals surface area contributed by atoms with Crippen molar-refractivity contribution >= 4 is 17.9 Å². The number of ether oxygens (including phenoxy) is 5. The molecule has 0 saturated carbocycles. The standard InChI is InChI=1S/C17H20O8/c1-10(18)23-14-13(25-16(20)12-7-5-4-6-8-12)9-22-17(21-3)15(14)24-11(2)19/h4-8,13-15,17H,9H2,1-3H3/t13-,14?,15?,17?/m1/s1. The molecular weight excluding hydrogens is 332 g/mol. The summed E-state index contributed by atoms with van der Waals surface area (Å²) < 4.78 is 26.4. The molecule has 0 N–H and O–H groups in total. The van der Waals surface area contributed by atoms with Gasteiger partial charge in [-0.3, -0.25) is 9.59 Å². The minimum absolute atomic E-state index is 0.0766. The van der Waals surface area contributed by atoms with Gasteiger partial charge in [0.05, 0.1) is 12.2 Å². The van der Waals surface area contributed by atoms with Crippen molar-refractivity contribution in [1.82, 2.24) is 0 Å². The molecule has 0 spiro atoms. The summed E-state index contributed by atoms with van der Waals surface area (Å²) in [4.78, 5) is 35.1. The zero-order chi connectivity index (χ0) is 18.4. The van der Waals surface area contributed by atoms with Gasteiger partial charge in [0.15, 0.2) is 24.6 Å². The molecule has 1 heterocycles. The number of methoxy groups -OCH3 is 1. The number of carbonyl (C=O) groups excluding carboxylic acids is 3. The van der Waals surface area contributed by atoms with Crippen LogP contribution in [0.25, 0.3) is 0 Å². The maximum atomic E-state index is 12.3. The average Bonchev–Trinajstić information content (AvgIpc) is 2.57. The van der Waals surface area contributed by atoms with Crippen molar-refractivity contribution < 1.29 is 38.1 Å². The van der Waals surface area contributed by atoms with E-state index in [-0.39, 0.29) is 6.61 Å². The van der Waals surface area contributed by atoms with Gasteiger partial charge in [0.25, 0.3) is 0 Å². The third kappa shape index (κ3) is 5.01. The van der Waals surface area contributed by atoms with Crippen LogP contribution in [0.2, 0.25) is 0 Å². The van der Waals surface area contributed by atoms with E-state index in [0.29, 0.717) is 5.56 Å². The molecule has 1 aliphatic heterocycles. The van der Waals surface area contributed by atoms with E-state index >= 15 is 0 Å². The van der Waals surface area contributed by atoms with Crippen molar-refractivity contribution in [2.75, 3.05) is 13.7 Å². The second-order valence-corrected chi connectivity index (χ2v) is 5.40. The molecule has 8 nitrogen and oxygen atoms in total. The maximum absolute atomic E-state index is 12.3. The Bertz CT molecular complexity index is 614. The lowest BCUT2D eigenvalue weighted by molar-refractivity contribution is -0.271. The van der Waals surface area contributed by atoms with Crippen LogP contribution in [0.4, 0.5) is 0 Å². The van der Waals surface area contributed by atoms with Gasteiger partial charge in [-0.1, -0.05) is 18.2 Å². The van der Waals surface area contributed by atoms with Crippen molar-refractivity contribution in [3.63, 3.8) is 0 Å². The Kier molecular flexibility index (Phi) is 6.49. The summed E-state index contributed by atoms with van der Waals surface area (Å²) in [6, 6.07) is 8.34. The molecule has 25 heavy (non-hydrogen) atoms. The Morgan fingerprint density at radius 2 is 1.56 bits per heavy atom. The minimum Gasteiger partial charge on any atom is -0.454 e. The fraction of sp³-hybridized carbons (Fsp3) is 0.471. The molecule has 3 unspecified atom stereocenters. The summed E-state index contributed by atoms with van der Waals surface area (Å²) in [6.07, 6.45) is -4.01. The third-order valence-corrected chi connectivity index (χ3v) is 3.49.